The third-order valence-corrected chi connectivity index (χ3v) is 9.45. The zero-order valence-corrected chi connectivity index (χ0v) is 25.3. The molecule has 0 radical (unpaired) electrons. The van der Waals surface area contributed by atoms with Gasteiger partial charge in [0, 0.05) is 44.0 Å². The van der Waals surface area contributed by atoms with E-state index in [0.717, 1.165) is 66.7 Å². The average Bonchev–Trinajstić information content (AvgIpc) is 3.72. The molecular weight excluding hydrogens is 574 g/mol. The van der Waals surface area contributed by atoms with Crippen LogP contribution in [0, 0.1) is 0 Å². The summed E-state index contributed by atoms with van der Waals surface area (Å²) in [5.74, 6) is 0. The number of anilines is 2. The standard InChI is InChI=1S/C44H27NO2/c1-3-9-33-27(7-1)19-25-39-41(33)37-13-5-11-35(43(37)46-39)29-15-21-31(22-16-29)45-32-23-17-30(18-24-32)36-12-6-14-38-42-34-10-4-2-8-28(34)20-26-40(42)47-44(36)38/h1-26,45H. The summed E-state index contributed by atoms with van der Waals surface area (Å²) in [6.07, 6.45) is 0. The van der Waals surface area contributed by atoms with Gasteiger partial charge in [-0.05, 0) is 69.1 Å². The van der Waals surface area contributed by atoms with E-state index in [2.05, 4.69) is 163 Å². The quantitative estimate of drug-likeness (QED) is 0.218. The van der Waals surface area contributed by atoms with Crippen molar-refractivity contribution < 1.29 is 8.83 Å². The van der Waals surface area contributed by atoms with Crippen molar-refractivity contribution in [3.63, 3.8) is 0 Å². The van der Waals surface area contributed by atoms with E-state index in [0.29, 0.717) is 0 Å². The highest BCUT2D eigenvalue weighted by molar-refractivity contribution is 6.21. The van der Waals surface area contributed by atoms with Gasteiger partial charge in [-0.3, -0.25) is 0 Å². The molecule has 3 nitrogen and oxygen atoms in total. The lowest BCUT2D eigenvalue weighted by molar-refractivity contribution is 0.670. The summed E-state index contributed by atoms with van der Waals surface area (Å²) in [6, 6.07) is 55.4. The Labute approximate surface area is 270 Å². The van der Waals surface area contributed by atoms with Crippen molar-refractivity contribution in [2.45, 2.75) is 0 Å². The molecule has 10 aromatic rings. The summed E-state index contributed by atoms with van der Waals surface area (Å²) < 4.78 is 12.9. The SMILES string of the molecule is c1ccc2c(c1)ccc1oc3c(-c4ccc(Nc5ccc(-c6cccc7c6oc6ccc8ccccc8c67)cc5)cc4)cccc3c12. The number of nitrogens with one attached hydrogen (secondary N) is 1. The summed E-state index contributed by atoms with van der Waals surface area (Å²) in [7, 11) is 0. The van der Waals surface area contributed by atoms with Crippen LogP contribution in [0.5, 0.6) is 0 Å². The Morgan fingerprint density at radius 3 is 1.23 bits per heavy atom. The van der Waals surface area contributed by atoms with Crippen LogP contribution in [-0.4, -0.2) is 0 Å². The maximum absolute atomic E-state index is 6.46. The van der Waals surface area contributed by atoms with Gasteiger partial charge in [-0.15, -0.1) is 0 Å². The molecule has 1 N–H and O–H groups in total. The molecule has 0 unspecified atom stereocenters. The van der Waals surface area contributed by atoms with Gasteiger partial charge in [0.1, 0.15) is 22.3 Å². The Kier molecular flexibility index (Phi) is 5.57. The maximum atomic E-state index is 6.46. The lowest BCUT2D eigenvalue weighted by Crippen LogP contribution is -1.90. The van der Waals surface area contributed by atoms with E-state index in [1.54, 1.807) is 0 Å². The third-order valence-electron chi connectivity index (χ3n) is 9.45. The minimum Gasteiger partial charge on any atom is -0.455 e. The van der Waals surface area contributed by atoms with Crippen LogP contribution in [0.2, 0.25) is 0 Å². The molecule has 47 heavy (non-hydrogen) atoms. The van der Waals surface area contributed by atoms with Gasteiger partial charge in [0.25, 0.3) is 0 Å². The number of hydrogen-bond donors (Lipinski definition) is 1. The molecule has 220 valence electrons. The van der Waals surface area contributed by atoms with Gasteiger partial charge in [0.15, 0.2) is 0 Å². The largest absolute Gasteiger partial charge is 0.455 e. The van der Waals surface area contributed by atoms with Crippen molar-refractivity contribution >= 4 is 76.8 Å². The fourth-order valence-electron chi connectivity index (χ4n) is 7.22. The molecule has 3 heteroatoms. The summed E-state index contributed by atoms with van der Waals surface area (Å²) in [5.41, 5.74) is 10.1. The zero-order valence-electron chi connectivity index (χ0n) is 25.3. The number of furan rings is 2. The molecule has 2 heterocycles. The van der Waals surface area contributed by atoms with Crippen molar-refractivity contribution in [3.8, 4) is 22.3 Å². The van der Waals surface area contributed by atoms with E-state index in [4.69, 9.17) is 8.83 Å². The van der Waals surface area contributed by atoms with Crippen LogP contribution in [0.4, 0.5) is 11.4 Å². The van der Waals surface area contributed by atoms with Gasteiger partial charge in [0.2, 0.25) is 0 Å². The molecule has 0 aliphatic carbocycles. The molecule has 0 atom stereocenters. The molecule has 8 aromatic carbocycles. The fourth-order valence-corrected chi connectivity index (χ4v) is 7.22. The minimum absolute atomic E-state index is 0.915. The number of fused-ring (bicyclic) bond motifs is 10. The first kappa shape index (κ1) is 26.0. The maximum Gasteiger partial charge on any atom is 0.143 e. The second-order valence-corrected chi connectivity index (χ2v) is 12.2. The predicted molar refractivity (Wildman–Crippen MR) is 197 cm³/mol. The van der Waals surface area contributed by atoms with Crippen LogP contribution >= 0.6 is 0 Å². The van der Waals surface area contributed by atoms with E-state index in [1.165, 1.54) is 32.3 Å². The number of hydrogen-bond acceptors (Lipinski definition) is 3. The first-order chi connectivity index (χ1) is 23.3. The molecule has 2 aromatic heterocycles. The second-order valence-electron chi connectivity index (χ2n) is 12.2. The highest BCUT2D eigenvalue weighted by atomic mass is 16.3. The fraction of sp³-hybridized carbons (Fsp3) is 0. The topological polar surface area (TPSA) is 38.3 Å². The monoisotopic (exact) mass is 601 g/mol. The highest BCUT2D eigenvalue weighted by Gasteiger charge is 2.16. The summed E-state index contributed by atoms with van der Waals surface area (Å²) in [5, 5.41) is 13.1. The first-order valence-corrected chi connectivity index (χ1v) is 15.9. The Morgan fingerprint density at radius 1 is 0.340 bits per heavy atom. The minimum atomic E-state index is 0.915. The molecule has 10 rings (SSSR count). The lowest BCUT2D eigenvalue weighted by atomic mass is 9.99. The average molecular weight is 602 g/mol. The van der Waals surface area contributed by atoms with Crippen LogP contribution in [-0.2, 0) is 0 Å². The van der Waals surface area contributed by atoms with Crippen LogP contribution in [0.15, 0.2) is 167 Å². The second kappa shape index (κ2) is 10.1. The molecular formula is C44H27NO2. The van der Waals surface area contributed by atoms with E-state index >= 15 is 0 Å². The van der Waals surface area contributed by atoms with Crippen molar-refractivity contribution in [3.05, 3.63) is 158 Å². The molecule has 0 saturated heterocycles. The summed E-state index contributed by atoms with van der Waals surface area (Å²) in [6.45, 7) is 0. The molecule has 0 aliphatic heterocycles. The number of rotatable bonds is 4. The molecule has 0 spiro atoms. The highest BCUT2D eigenvalue weighted by Crippen LogP contribution is 2.41. The van der Waals surface area contributed by atoms with Gasteiger partial charge in [-0.2, -0.15) is 0 Å². The van der Waals surface area contributed by atoms with Gasteiger partial charge in [-0.25, -0.2) is 0 Å². The Morgan fingerprint density at radius 2 is 0.766 bits per heavy atom. The van der Waals surface area contributed by atoms with E-state index in [9.17, 15) is 0 Å². The Balaban J connectivity index is 0.955. The van der Waals surface area contributed by atoms with Crippen molar-refractivity contribution in [2.24, 2.45) is 0 Å². The normalized spacial score (nSPS) is 11.8. The number of para-hydroxylation sites is 2. The first-order valence-electron chi connectivity index (χ1n) is 15.9. The van der Waals surface area contributed by atoms with Crippen molar-refractivity contribution in [1.82, 2.24) is 0 Å². The summed E-state index contributed by atoms with van der Waals surface area (Å²) >= 11 is 0. The molecule has 0 saturated carbocycles. The third kappa shape index (κ3) is 4.07. The summed E-state index contributed by atoms with van der Waals surface area (Å²) in [4.78, 5) is 0. The van der Waals surface area contributed by atoms with E-state index < -0.39 is 0 Å². The van der Waals surface area contributed by atoms with Gasteiger partial charge < -0.3 is 14.2 Å². The van der Waals surface area contributed by atoms with Crippen LogP contribution in [0.1, 0.15) is 0 Å². The van der Waals surface area contributed by atoms with E-state index in [1.807, 2.05) is 0 Å². The lowest BCUT2D eigenvalue weighted by Gasteiger charge is -2.10. The van der Waals surface area contributed by atoms with Crippen LogP contribution in [0.25, 0.3) is 87.7 Å². The van der Waals surface area contributed by atoms with Gasteiger partial charge >= 0.3 is 0 Å². The van der Waals surface area contributed by atoms with Crippen molar-refractivity contribution in [1.29, 1.82) is 0 Å². The van der Waals surface area contributed by atoms with Crippen molar-refractivity contribution in [2.75, 3.05) is 5.32 Å². The molecule has 0 bridgehead atoms. The van der Waals surface area contributed by atoms with Crippen LogP contribution in [0.3, 0.4) is 0 Å². The zero-order chi connectivity index (χ0) is 30.9. The number of benzene rings is 8. The van der Waals surface area contributed by atoms with E-state index in [-0.39, 0.29) is 0 Å². The van der Waals surface area contributed by atoms with Gasteiger partial charge in [-0.1, -0.05) is 121 Å². The molecule has 0 aliphatic rings. The Hall–Kier alpha value is -6.32. The van der Waals surface area contributed by atoms with Crippen LogP contribution < -0.4 is 5.32 Å². The van der Waals surface area contributed by atoms with Gasteiger partial charge in [0.05, 0.1) is 0 Å². The molecule has 0 amide bonds. The predicted octanol–water partition coefficient (Wildman–Crippen LogP) is 12.9. The molecule has 0 fully saturated rings. The Bertz CT molecular complexity index is 2610. The smallest absolute Gasteiger partial charge is 0.143 e.